The molecule has 0 radical (unpaired) electrons. The Hall–Kier alpha value is -1.12. The minimum absolute atomic E-state index is 0.0920. The lowest BCUT2D eigenvalue weighted by Gasteiger charge is -2.45. The van der Waals surface area contributed by atoms with Gasteiger partial charge in [-0.25, -0.2) is 0 Å². The lowest BCUT2D eigenvalue weighted by atomic mass is 9.65. The topological polar surface area (TPSA) is 29.5 Å². The Balaban J connectivity index is 1.56. The van der Waals surface area contributed by atoms with Crippen LogP contribution in [0.2, 0.25) is 0 Å². The molecule has 1 aromatic rings. The number of ether oxygens (including phenoxy) is 1. The molecule has 2 heteroatoms. The maximum absolute atomic E-state index is 11.4. The van der Waals surface area contributed by atoms with Crippen LogP contribution in [0.15, 0.2) is 42.5 Å². The molecule has 1 aromatic carbocycles. The standard InChI is InChI=1S/C20H26O2/c1-15(2)20(21)12-17-8-9-19(20,18(17)10-11-18)14-22-13-16-6-4-3-5-7-16/h3-7,17,21H,1,8-14H2,2H3/t17-,19+,20?/m1/s1. The average Bonchev–Trinajstić information content (AvgIpc) is 3.22. The third kappa shape index (κ3) is 1.68. The summed E-state index contributed by atoms with van der Waals surface area (Å²) in [5.74, 6) is 0.675. The van der Waals surface area contributed by atoms with Crippen molar-refractivity contribution < 1.29 is 9.84 Å². The fourth-order valence-electron chi connectivity index (χ4n) is 5.66. The molecule has 3 aliphatic rings. The molecule has 3 saturated carbocycles. The Morgan fingerprint density at radius 3 is 2.64 bits per heavy atom. The summed E-state index contributed by atoms with van der Waals surface area (Å²) >= 11 is 0. The number of benzene rings is 1. The van der Waals surface area contributed by atoms with Crippen molar-refractivity contribution in [3.63, 3.8) is 0 Å². The molecule has 118 valence electrons. The predicted octanol–water partition coefficient (Wildman–Crippen LogP) is 4.09. The third-order valence-electron chi connectivity index (χ3n) is 6.94. The summed E-state index contributed by atoms with van der Waals surface area (Å²) in [5.41, 5.74) is 1.67. The smallest absolute Gasteiger partial charge is 0.0937 e. The van der Waals surface area contributed by atoms with E-state index in [0.717, 1.165) is 18.4 Å². The Morgan fingerprint density at radius 2 is 2.00 bits per heavy atom. The summed E-state index contributed by atoms with van der Waals surface area (Å²) in [6.07, 6.45) is 5.78. The van der Waals surface area contributed by atoms with Crippen LogP contribution in [0.1, 0.15) is 44.6 Å². The average molecular weight is 298 g/mol. The molecule has 0 heterocycles. The van der Waals surface area contributed by atoms with E-state index in [0.29, 0.717) is 24.5 Å². The number of hydrogen-bond acceptors (Lipinski definition) is 2. The summed E-state index contributed by atoms with van der Waals surface area (Å²) < 4.78 is 6.14. The van der Waals surface area contributed by atoms with E-state index in [4.69, 9.17) is 4.74 Å². The van der Waals surface area contributed by atoms with Gasteiger partial charge in [-0.1, -0.05) is 36.9 Å². The maximum Gasteiger partial charge on any atom is 0.0937 e. The number of aliphatic hydroxyl groups is 1. The van der Waals surface area contributed by atoms with Crippen molar-refractivity contribution >= 4 is 0 Å². The van der Waals surface area contributed by atoms with E-state index >= 15 is 0 Å². The SMILES string of the molecule is C=C(C)C1(O)C[C@H]2CC[C@]1(COCc1ccccc1)C21CC1. The summed E-state index contributed by atoms with van der Waals surface area (Å²) in [6, 6.07) is 10.3. The van der Waals surface area contributed by atoms with Crippen LogP contribution >= 0.6 is 0 Å². The van der Waals surface area contributed by atoms with Crippen molar-refractivity contribution in [3.8, 4) is 0 Å². The molecule has 3 atom stereocenters. The van der Waals surface area contributed by atoms with Crippen molar-refractivity contribution in [2.24, 2.45) is 16.7 Å². The van der Waals surface area contributed by atoms with Gasteiger partial charge in [0, 0.05) is 5.41 Å². The lowest BCUT2D eigenvalue weighted by Crippen LogP contribution is -2.51. The largest absolute Gasteiger partial charge is 0.385 e. The van der Waals surface area contributed by atoms with Crippen molar-refractivity contribution in [2.45, 2.75) is 51.2 Å². The van der Waals surface area contributed by atoms with Gasteiger partial charge < -0.3 is 9.84 Å². The fraction of sp³-hybridized carbons (Fsp3) is 0.600. The van der Waals surface area contributed by atoms with Gasteiger partial charge in [-0.15, -0.1) is 0 Å². The second-order valence-electron chi connectivity index (χ2n) is 7.80. The highest BCUT2D eigenvalue weighted by molar-refractivity contribution is 5.34. The summed E-state index contributed by atoms with van der Waals surface area (Å²) in [4.78, 5) is 0. The zero-order valence-corrected chi connectivity index (χ0v) is 13.5. The van der Waals surface area contributed by atoms with Gasteiger partial charge >= 0.3 is 0 Å². The normalized spacial score (nSPS) is 37.6. The van der Waals surface area contributed by atoms with E-state index in [1.54, 1.807) is 0 Å². The van der Waals surface area contributed by atoms with Crippen LogP contribution < -0.4 is 0 Å². The first-order valence-corrected chi connectivity index (χ1v) is 8.54. The van der Waals surface area contributed by atoms with Gasteiger partial charge in [0.2, 0.25) is 0 Å². The van der Waals surface area contributed by atoms with Gasteiger partial charge in [-0.2, -0.15) is 0 Å². The third-order valence-corrected chi connectivity index (χ3v) is 6.94. The highest BCUT2D eigenvalue weighted by atomic mass is 16.5. The van der Waals surface area contributed by atoms with Gasteiger partial charge in [0.1, 0.15) is 0 Å². The molecule has 1 unspecified atom stereocenters. The highest BCUT2D eigenvalue weighted by Gasteiger charge is 2.78. The van der Waals surface area contributed by atoms with E-state index in [2.05, 4.69) is 18.7 Å². The predicted molar refractivity (Wildman–Crippen MR) is 87.3 cm³/mol. The summed E-state index contributed by atoms with van der Waals surface area (Å²) in [5, 5.41) is 11.4. The molecule has 0 amide bonds. The molecule has 22 heavy (non-hydrogen) atoms. The van der Waals surface area contributed by atoms with Crippen LogP contribution in [0.25, 0.3) is 0 Å². The Morgan fingerprint density at radius 1 is 1.27 bits per heavy atom. The van der Waals surface area contributed by atoms with Crippen molar-refractivity contribution in [1.82, 2.24) is 0 Å². The molecule has 3 fully saturated rings. The van der Waals surface area contributed by atoms with Gasteiger partial charge in [0.05, 0.1) is 18.8 Å². The van der Waals surface area contributed by atoms with Crippen molar-refractivity contribution in [3.05, 3.63) is 48.0 Å². The maximum atomic E-state index is 11.4. The van der Waals surface area contributed by atoms with Crippen molar-refractivity contribution in [2.75, 3.05) is 6.61 Å². The fourth-order valence-corrected chi connectivity index (χ4v) is 5.66. The molecule has 0 aliphatic heterocycles. The van der Waals surface area contributed by atoms with Crippen LogP contribution in [0.3, 0.4) is 0 Å². The molecule has 2 bridgehead atoms. The summed E-state index contributed by atoms with van der Waals surface area (Å²) in [6.45, 7) is 7.43. The molecule has 1 spiro atoms. The number of rotatable bonds is 5. The van der Waals surface area contributed by atoms with Gasteiger partial charge in [0.15, 0.2) is 0 Å². The van der Waals surface area contributed by atoms with Crippen LogP contribution in [0.4, 0.5) is 0 Å². The highest BCUT2D eigenvalue weighted by Crippen LogP contribution is 2.80. The minimum atomic E-state index is -0.719. The zero-order chi connectivity index (χ0) is 15.4. The van der Waals surface area contributed by atoms with E-state index in [1.165, 1.54) is 24.8 Å². The second-order valence-corrected chi connectivity index (χ2v) is 7.80. The zero-order valence-electron chi connectivity index (χ0n) is 13.5. The first-order chi connectivity index (χ1) is 10.5. The van der Waals surface area contributed by atoms with E-state index in [1.807, 2.05) is 25.1 Å². The van der Waals surface area contributed by atoms with E-state index in [9.17, 15) is 5.11 Å². The monoisotopic (exact) mass is 298 g/mol. The number of hydrogen-bond donors (Lipinski definition) is 1. The molecule has 0 aromatic heterocycles. The van der Waals surface area contributed by atoms with Crippen LogP contribution in [-0.2, 0) is 11.3 Å². The van der Waals surface area contributed by atoms with E-state index < -0.39 is 5.60 Å². The minimum Gasteiger partial charge on any atom is -0.385 e. The summed E-state index contributed by atoms with van der Waals surface area (Å²) in [7, 11) is 0. The quantitative estimate of drug-likeness (QED) is 0.830. The van der Waals surface area contributed by atoms with Crippen LogP contribution in [0.5, 0.6) is 0 Å². The molecule has 0 saturated heterocycles. The lowest BCUT2D eigenvalue weighted by molar-refractivity contribution is -0.108. The van der Waals surface area contributed by atoms with E-state index in [-0.39, 0.29) is 5.41 Å². The Labute approximate surface area is 133 Å². The van der Waals surface area contributed by atoms with Crippen molar-refractivity contribution in [1.29, 1.82) is 0 Å². The first kappa shape index (κ1) is 14.5. The molecule has 4 rings (SSSR count). The van der Waals surface area contributed by atoms with Gasteiger partial charge in [-0.3, -0.25) is 0 Å². The molecular formula is C20H26O2. The first-order valence-electron chi connectivity index (χ1n) is 8.54. The molecule has 2 nitrogen and oxygen atoms in total. The molecular weight excluding hydrogens is 272 g/mol. The molecule has 3 aliphatic carbocycles. The van der Waals surface area contributed by atoms with Gasteiger partial charge in [0.25, 0.3) is 0 Å². The van der Waals surface area contributed by atoms with Gasteiger partial charge in [-0.05, 0) is 61.5 Å². The Bertz CT molecular complexity index is 589. The van der Waals surface area contributed by atoms with Crippen LogP contribution in [0, 0.1) is 16.7 Å². The molecule has 1 N–H and O–H groups in total. The second kappa shape index (κ2) is 4.69. The van der Waals surface area contributed by atoms with Crippen LogP contribution in [-0.4, -0.2) is 17.3 Å². The Kier molecular flexibility index (Phi) is 3.08.